The highest BCUT2D eigenvalue weighted by atomic mass is 16.5. The number of allylic oxidation sites excluding steroid dienone is 4. The van der Waals surface area contributed by atoms with Crippen molar-refractivity contribution in [2.75, 3.05) is 6.54 Å². The predicted octanol–water partition coefficient (Wildman–Crippen LogP) is 5.85. The molecule has 180 valence electrons. The van der Waals surface area contributed by atoms with Crippen molar-refractivity contribution >= 4 is 5.97 Å². The molecule has 1 aromatic rings. The Morgan fingerprint density at radius 1 is 1.21 bits per heavy atom. The average molecular weight is 460 g/mol. The van der Waals surface area contributed by atoms with Crippen molar-refractivity contribution in [1.82, 2.24) is 4.90 Å². The molecule has 34 heavy (non-hydrogen) atoms. The van der Waals surface area contributed by atoms with Gasteiger partial charge in [-0.2, -0.15) is 0 Å². The van der Waals surface area contributed by atoms with Crippen molar-refractivity contribution in [1.29, 1.82) is 0 Å². The van der Waals surface area contributed by atoms with E-state index in [4.69, 9.17) is 4.74 Å². The molecule has 1 aromatic carbocycles. The topological polar surface area (TPSA) is 49.8 Å². The van der Waals surface area contributed by atoms with E-state index in [1.54, 1.807) is 0 Å². The second-order valence-corrected chi connectivity index (χ2v) is 10.5. The average Bonchev–Trinajstić information content (AvgIpc) is 2.83. The van der Waals surface area contributed by atoms with Crippen molar-refractivity contribution in [2.45, 2.75) is 77.4 Å². The molecule has 1 unspecified atom stereocenters. The molecular weight excluding hydrogens is 422 g/mol. The number of esters is 1. The summed E-state index contributed by atoms with van der Waals surface area (Å²) >= 11 is 0. The van der Waals surface area contributed by atoms with Gasteiger partial charge in [-0.05, 0) is 61.2 Å². The fourth-order valence-corrected chi connectivity index (χ4v) is 6.35. The summed E-state index contributed by atoms with van der Waals surface area (Å²) in [5.74, 6) is 1.07. The maximum Gasteiger partial charge on any atom is 0.307 e. The van der Waals surface area contributed by atoms with Gasteiger partial charge in [-0.1, -0.05) is 67.5 Å². The Bertz CT molecular complexity index is 1050. The molecule has 1 fully saturated rings. The third kappa shape index (κ3) is 4.79. The lowest BCUT2D eigenvalue weighted by molar-refractivity contribution is -0.138. The number of carbonyl (C=O) groups excluding carboxylic acids is 1. The van der Waals surface area contributed by atoms with E-state index in [0.717, 1.165) is 37.8 Å². The van der Waals surface area contributed by atoms with Gasteiger partial charge < -0.3 is 14.7 Å². The number of nitrogens with zero attached hydrogens (tertiary/aromatic N) is 1. The van der Waals surface area contributed by atoms with E-state index in [1.807, 2.05) is 0 Å². The Balaban J connectivity index is 1.43. The molecule has 4 atom stereocenters. The Labute approximate surface area is 203 Å². The van der Waals surface area contributed by atoms with Crippen LogP contribution in [0.1, 0.15) is 64.4 Å². The Kier molecular flexibility index (Phi) is 6.78. The Morgan fingerprint density at radius 3 is 2.82 bits per heavy atom. The van der Waals surface area contributed by atoms with E-state index in [9.17, 15) is 9.90 Å². The molecule has 2 heterocycles. The fraction of sp³-hybridized carbons (Fsp3) is 0.500. The van der Waals surface area contributed by atoms with Crippen LogP contribution in [0, 0.1) is 11.8 Å². The van der Waals surface area contributed by atoms with E-state index in [1.165, 1.54) is 42.0 Å². The molecule has 2 aliphatic carbocycles. The third-order valence-electron chi connectivity index (χ3n) is 7.85. The van der Waals surface area contributed by atoms with Crippen LogP contribution in [-0.4, -0.2) is 34.7 Å². The number of benzene rings is 1. The number of ether oxygens (including phenoxy) is 1. The number of hydrogen-bond donors (Lipinski definition) is 1. The number of carbonyl (C=O) groups is 1. The molecular formula is C30H37NO3. The summed E-state index contributed by atoms with van der Waals surface area (Å²) in [6, 6.07) is 11.0. The molecule has 0 spiro atoms. The second-order valence-electron chi connectivity index (χ2n) is 10.5. The van der Waals surface area contributed by atoms with Crippen molar-refractivity contribution in [3.63, 3.8) is 0 Å². The van der Waals surface area contributed by atoms with E-state index < -0.39 is 6.10 Å². The van der Waals surface area contributed by atoms with Crippen molar-refractivity contribution in [3.8, 4) is 0 Å². The first-order valence-corrected chi connectivity index (χ1v) is 13.0. The molecule has 0 amide bonds. The monoisotopic (exact) mass is 459 g/mol. The van der Waals surface area contributed by atoms with Gasteiger partial charge in [0, 0.05) is 25.8 Å². The summed E-state index contributed by atoms with van der Waals surface area (Å²) < 4.78 is 5.73. The summed E-state index contributed by atoms with van der Waals surface area (Å²) in [5.41, 5.74) is 6.81. The summed E-state index contributed by atoms with van der Waals surface area (Å²) in [5, 5.41) is 10.6. The summed E-state index contributed by atoms with van der Waals surface area (Å²) in [6.07, 6.45) is 15.0. The second kappa shape index (κ2) is 9.95. The van der Waals surface area contributed by atoms with Crippen LogP contribution in [0.2, 0.25) is 0 Å². The van der Waals surface area contributed by atoms with Crippen molar-refractivity contribution in [3.05, 3.63) is 82.3 Å². The van der Waals surface area contributed by atoms with Gasteiger partial charge in [0.1, 0.15) is 5.76 Å². The van der Waals surface area contributed by atoms with E-state index >= 15 is 0 Å². The lowest BCUT2D eigenvalue weighted by Gasteiger charge is -2.50. The van der Waals surface area contributed by atoms with Crippen LogP contribution in [0.4, 0.5) is 0 Å². The maximum atomic E-state index is 11.9. The number of aliphatic hydroxyl groups is 1. The first-order valence-electron chi connectivity index (χ1n) is 13.0. The number of aliphatic hydroxyl groups excluding tert-OH is 1. The first kappa shape index (κ1) is 23.2. The fourth-order valence-electron chi connectivity index (χ4n) is 6.35. The van der Waals surface area contributed by atoms with Crippen LogP contribution in [0.5, 0.6) is 0 Å². The lowest BCUT2D eigenvalue weighted by atomic mass is 9.72. The molecule has 5 rings (SSSR count). The van der Waals surface area contributed by atoms with Gasteiger partial charge in [-0.25, -0.2) is 0 Å². The SMILES string of the molecule is CC(=O)OC1=C2C3C=C(C[C@H](C)CCc4ccccc4)C=CC3=C3CCCC[C@@H]3N2C[C@H](O)C1. The molecule has 1 saturated carbocycles. The molecule has 0 saturated heterocycles. The zero-order chi connectivity index (χ0) is 23.7. The zero-order valence-electron chi connectivity index (χ0n) is 20.5. The van der Waals surface area contributed by atoms with Crippen molar-refractivity contribution < 1.29 is 14.6 Å². The van der Waals surface area contributed by atoms with Crippen LogP contribution in [-0.2, 0) is 16.0 Å². The third-order valence-corrected chi connectivity index (χ3v) is 7.85. The highest BCUT2D eigenvalue weighted by molar-refractivity contribution is 5.67. The molecule has 0 aromatic heterocycles. The number of aryl methyl sites for hydroxylation is 1. The predicted molar refractivity (Wildman–Crippen MR) is 135 cm³/mol. The molecule has 0 bridgehead atoms. The van der Waals surface area contributed by atoms with Gasteiger partial charge in [0.05, 0.1) is 17.8 Å². The van der Waals surface area contributed by atoms with Gasteiger partial charge in [0.2, 0.25) is 0 Å². The van der Waals surface area contributed by atoms with E-state index in [-0.39, 0.29) is 11.9 Å². The zero-order valence-corrected chi connectivity index (χ0v) is 20.5. The highest BCUT2D eigenvalue weighted by Gasteiger charge is 2.43. The number of rotatable bonds is 6. The quantitative estimate of drug-likeness (QED) is 0.542. The molecule has 4 nitrogen and oxygen atoms in total. The van der Waals surface area contributed by atoms with Crippen LogP contribution >= 0.6 is 0 Å². The van der Waals surface area contributed by atoms with Gasteiger partial charge in [0.25, 0.3) is 0 Å². The Morgan fingerprint density at radius 2 is 2.03 bits per heavy atom. The summed E-state index contributed by atoms with van der Waals surface area (Å²) in [7, 11) is 0. The largest absolute Gasteiger partial charge is 0.429 e. The summed E-state index contributed by atoms with van der Waals surface area (Å²) in [6.45, 7) is 4.43. The van der Waals surface area contributed by atoms with Gasteiger partial charge in [0.15, 0.2) is 0 Å². The lowest BCUT2D eigenvalue weighted by Crippen LogP contribution is -2.50. The Hall–Kier alpha value is -2.59. The minimum atomic E-state index is -0.497. The maximum absolute atomic E-state index is 11.9. The molecule has 4 aliphatic rings. The van der Waals surface area contributed by atoms with Crippen molar-refractivity contribution in [2.24, 2.45) is 11.8 Å². The highest BCUT2D eigenvalue weighted by Crippen LogP contribution is 2.48. The van der Waals surface area contributed by atoms with Crippen LogP contribution in [0.15, 0.2) is 76.7 Å². The van der Waals surface area contributed by atoms with Crippen LogP contribution < -0.4 is 0 Å². The van der Waals surface area contributed by atoms with E-state index in [0.29, 0.717) is 30.7 Å². The van der Waals surface area contributed by atoms with Gasteiger partial charge in [-0.3, -0.25) is 4.79 Å². The first-order chi connectivity index (χ1) is 16.5. The standard InChI is InChI=1S/C30H37NO3/c1-20(12-13-22-8-4-3-5-9-22)16-23-14-15-25-26-10-6-7-11-28(26)31-19-24(33)18-29(34-21(2)32)30(31)27(25)17-23/h3-5,8-9,14-15,17,20,24,27-28,33H,6-7,10-13,16,18-19H2,1-2H3/t20-,24-,27?,28+/m1/s1. The number of hydrogen-bond acceptors (Lipinski definition) is 4. The molecule has 4 heteroatoms. The smallest absolute Gasteiger partial charge is 0.307 e. The van der Waals surface area contributed by atoms with Gasteiger partial charge in [-0.15, -0.1) is 0 Å². The van der Waals surface area contributed by atoms with Crippen LogP contribution in [0.3, 0.4) is 0 Å². The minimum absolute atomic E-state index is 0.118. The van der Waals surface area contributed by atoms with Gasteiger partial charge >= 0.3 is 5.97 Å². The molecule has 2 aliphatic heterocycles. The normalized spacial score (nSPS) is 27.0. The molecule has 1 N–H and O–H groups in total. The summed E-state index contributed by atoms with van der Waals surface area (Å²) in [4.78, 5) is 14.3. The minimum Gasteiger partial charge on any atom is -0.429 e. The number of fused-ring (bicyclic) bond motifs is 5. The van der Waals surface area contributed by atoms with E-state index in [2.05, 4.69) is 60.4 Å². The van der Waals surface area contributed by atoms with Crippen LogP contribution in [0.25, 0.3) is 0 Å². The molecule has 0 radical (unpaired) electrons.